The van der Waals surface area contributed by atoms with Gasteiger partial charge < -0.3 is 15.6 Å². The van der Waals surface area contributed by atoms with Crippen LogP contribution in [-0.2, 0) is 10.3 Å². The topological polar surface area (TPSA) is 72.5 Å². The average molecular weight is 237 g/mol. The van der Waals surface area contributed by atoms with Gasteiger partial charge in [-0.3, -0.25) is 4.79 Å². The molecule has 0 aromatic heterocycles. The van der Waals surface area contributed by atoms with Gasteiger partial charge in [-0.2, -0.15) is 0 Å². The molecule has 1 aromatic rings. The zero-order chi connectivity index (χ0) is 13.2. The Labute approximate surface area is 101 Å². The van der Waals surface area contributed by atoms with E-state index in [-0.39, 0.29) is 6.42 Å². The molecule has 0 radical (unpaired) electrons. The van der Waals surface area contributed by atoms with E-state index >= 15 is 0 Å². The number of rotatable bonds is 4. The third-order valence-corrected chi connectivity index (χ3v) is 2.76. The molecule has 4 heteroatoms. The van der Waals surface area contributed by atoms with E-state index in [0.717, 1.165) is 16.7 Å². The van der Waals surface area contributed by atoms with Crippen molar-refractivity contribution in [2.75, 3.05) is 7.11 Å². The van der Waals surface area contributed by atoms with Crippen molar-refractivity contribution < 1.29 is 14.6 Å². The molecular formula is C13H19NO3. The standard InChI is InChI=1S/C13H19NO3/c1-8-5-9(2)12(17-4)10(6-8)13(3,14)7-11(15)16/h5-6H,7,14H2,1-4H3,(H,15,16). The van der Waals surface area contributed by atoms with Gasteiger partial charge in [0, 0.05) is 5.56 Å². The van der Waals surface area contributed by atoms with Gasteiger partial charge in [0.25, 0.3) is 0 Å². The van der Waals surface area contributed by atoms with Crippen molar-refractivity contribution in [1.29, 1.82) is 0 Å². The maximum atomic E-state index is 10.8. The highest BCUT2D eigenvalue weighted by molar-refractivity contribution is 5.69. The first kappa shape index (κ1) is 13.5. The zero-order valence-corrected chi connectivity index (χ0v) is 10.7. The third kappa shape index (κ3) is 2.97. The predicted octanol–water partition coefficient (Wildman–Crippen LogP) is 1.96. The SMILES string of the molecule is COc1c(C)cc(C)cc1C(C)(N)CC(=O)O. The van der Waals surface area contributed by atoms with Gasteiger partial charge in [0.1, 0.15) is 5.75 Å². The van der Waals surface area contributed by atoms with Crippen LogP contribution in [0.3, 0.4) is 0 Å². The van der Waals surface area contributed by atoms with Gasteiger partial charge in [-0.25, -0.2) is 0 Å². The summed E-state index contributed by atoms with van der Waals surface area (Å²) in [5.74, 6) is -0.252. The van der Waals surface area contributed by atoms with Crippen molar-refractivity contribution in [2.45, 2.75) is 32.7 Å². The Hall–Kier alpha value is -1.55. The van der Waals surface area contributed by atoms with E-state index in [1.54, 1.807) is 14.0 Å². The van der Waals surface area contributed by atoms with Crippen molar-refractivity contribution in [3.05, 3.63) is 28.8 Å². The molecule has 4 nitrogen and oxygen atoms in total. The number of hydrogen-bond donors (Lipinski definition) is 2. The summed E-state index contributed by atoms with van der Waals surface area (Å²) in [5, 5.41) is 8.89. The van der Waals surface area contributed by atoms with Crippen molar-refractivity contribution in [1.82, 2.24) is 0 Å². The number of aryl methyl sites for hydroxylation is 2. The molecule has 1 unspecified atom stereocenters. The number of carboxylic acid groups (broad SMARTS) is 1. The lowest BCUT2D eigenvalue weighted by molar-refractivity contribution is -0.138. The largest absolute Gasteiger partial charge is 0.496 e. The summed E-state index contributed by atoms with van der Waals surface area (Å²) in [5.41, 5.74) is 7.90. The van der Waals surface area contributed by atoms with Gasteiger partial charge in [-0.1, -0.05) is 17.7 Å². The highest BCUT2D eigenvalue weighted by Crippen LogP contribution is 2.34. The first-order valence-electron chi connectivity index (χ1n) is 5.44. The normalized spacial score (nSPS) is 14.2. The number of carboxylic acids is 1. The van der Waals surface area contributed by atoms with Crippen LogP contribution in [0.5, 0.6) is 5.75 Å². The highest BCUT2D eigenvalue weighted by atomic mass is 16.5. The number of nitrogens with two attached hydrogens (primary N) is 1. The van der Waals surface area contributed by atoms with Gasteiger partial charge in [0.2, 0.25) is 0 Å². The van der Waals surface area contributed by atoms with Crippen LogP contribution >= 0.6 is 0 Å². The number of aliphatic carboxylic acids is 1. The van der Waals surface area contributed by atoms with Crippen LogP contribution in [0.2, 0.25) is 0 Å². The first-order valence-corrected chi connectivity index (χ1v) is 5.44. The predicted molar refractivity (Wildman–Crippen MR) is 66.3 cm³/mol. The molecule has 94 valence electrons. The summed E-state index contributed by atoms with van der Waals surface area (Å²) in [6, 6.07) is 3.87. The summed E-state index contributed by atoms with van der Waals surface area (Å²) in [6.07, 6.45) is -0.133. The Bertz CT molecular complexity index is 439. The monoisotopic (exact) mass is 237 g/mol. The van der Waals surface area contributed by atoms with E-state index in [2.05, 4.69) is 0 Å². The Morgan fingerprint density at radius 3 is 2.53 bits per heavy atom. The molecule has 0 heterocycles. The fraction of sp³-hybridized carbons (Fsp3) is 0.462. The summed E-state index contributed by atoms with van der Waals surface area (Å²) in [7, 11) is 1.57. The lowest BCUT2D eigenvalue weighted by atomic mass is 9.86. The molecule has 0 aliphatic heterocycles. The minimum Gasteiger partial charge on any atom is -0.496 e. The van der Waals surface area contributed by atoms with Crippen LogP contribution in [0, 0.1) is 13.8 Å². The van der Waals surface area contributed by atoms with Gasteiger partial charge in [-0.15, -0.1) is 0 Å². The molecule has 1 aromatic carbocycles. The van der Waals surface area contributed by atoms with Crippen LogP contribution in [0.15, 0.2) is 12.1 Å². The molecule has 3 N–H and O–H groups in total. The van der Waals surface area contributed by atoms with Crippen LogP contribution in [0.1, 0.15) is 30.0 Å². The first-order chi connectivity index (χ1) is 7.77. The van der Waals surface area contributed by atoms with E-state index in [1.807, 2.05) is 26.0 Å². The van der Waals surface area contributed by atoms with E-state index in [9.17, 15) is 4.79 Å². The van der Waals surface area contributed by atoms with Crippen LogP contribution in [0.25, 0.3) is 0 Å². The summed E-state index contributed by atoms with van der Waals surface area (Å²) in [6.45, 7) is 5.58. The molecule has 0 bridgehead atoms. The lowest BCUT2D eigenvalue weighted by Crippen LogP contribution is -2.36. The van der Waals surface area contributed by atoms with Crippen molar-refractivity contribution >= 4 is 5.97 Å². The smallest absolute Gasteiger partial charge is 0.305 e. The maximum absolute atomic E-state index is 10.8. The molecule has 17 heavy (non-hydrogen) atoms. The second kappa shape index (κ2) is 4.75. The minimum absolute atomic E-state index is 0.133. The van der Waals surface area contributed by atoms with Gasteiger partial charge >= 0.3 is 5.97 Å². The highest BCUT2D eigenvalue weighted by Gasteiger charge is 2.29. The number of hydrogen-bond acceptors (Lipinski definition) is 3. The molecule has 1 rings (SSSR count). The van der Waals surface area contributed by atoms with E-state index in [1.165, 1.54) is 0 Å². The number of benzene rings is 1. The average Bonchev–Trinajstić information content (AvgIpc) is 2.14. The summed E-state index contributed by atoms with van der Waals surface area (Å²) < 4.78 is 5.33. The second-order valence-electron chi connectivity index (χ2n) is 4.65. The molecule has 0 aliphatic carbocycles. The Kier molecular flexibility index (Phi) is 3.78. The van der Waals surface area contributed by atoms with E-state index in [0.29, 0.717) is 5.75 Å². The number of ether oxygens (including phenoxy) is 1. The van der Waals surface area contributed by atoms with Gasteiger partial charge in [0.05, 0.1) is 19.1 Å². The molecular weight excluding hydrogens is 218 g/mol. The molecule has 0 spiro atoms. The quantitative estimate of drug-likeness (QED) is 0.839. The van der Waals surface area contributed by atoms with Crippen LogP contribution in [-0.4, -0.2) is 18.2 Å². The molecule has 0 saturated carbocycles. The number of methoxy groups -OCH3 is 1. The van der Waals surface area contributed by atoms with Crippen molar-refractivity contribution in [3.63, 3.8) is 0 Å². The Balaban J connectivity index is 3.33. The number of carbonyl (C=O) groups is 1. The van der Waals surface area contributed by atoms with Crippen molar-refractivity contribution in [3.8, 4) is 5.75 Å². The third-order valence-electron chi connectivity index (χ3n) is 2.76. The van der Waals surface area contributed by atoms with E-state index < -0.39 is 11.5 Å². The lowest BCUT2D eigenvalue weighted by Gasteiger charge is -2.26. The Morgan fingerprint density at radius 1 is 1.47 bits per heavy atom. The molecule has 0 saturated heterocycles. The van der Waals surface area contributed by atoms with Gasteiger partial charge in [0.15, 0.2) is 0 Å². The van der Waals surface area contributed by atoms with Gasteiger partial charge in [-0.05, 0) is 26.3 Å². The fourth-order valence-corrected chi connectivity index (χ4v) is 2.06. The second-order valence-corrected chi connectivity index (χ2v) is 4.65. The molecule has 1 atom stereocenters. The fourth-order valence-electron chi connectivity index (χ4n) is 2.06. The maximum Gasteiger partial charge on any atom is 0.305 e. The molecule has 0 aliphatic rings. The van der Waals surface area contributed by atoms with E-state index in [4.69, 9.17) is 15.6 Å². The minimum atomic E-state index is -0.937. The summed E-state index contributed by atoms with van der Waals surface area (Å²) in [4.78, 5) is 10.8. The van der Waals surface area contributed by atoms with Crippen molar-refractivity contribution in [2.24, 2.45) is 5.73 Å². The van der Waals surface area contributed by atoms with Crippen LogP contribution < -0.4 is 10.5 Å². The molecule has 0 amide bonds. The summed E-state index contributed by atoms with van der Waals surface area (Å²) >= 11 is 0. The Morgan fingerprint density at radius 2 is 2.06 bits per heavy atom. The van der Waals surface area contributed by atoms with Crippen LogP contribution in [0.4, 0.5) is 0 Å². The zero-order valence-electron chi connectivity index (χ0n) is 10.7. The molecule has 0 fully saturated rings.